The summed E-state index contributed by atoms with van der Waals surface area (Å²) in [7, 11) is 5.98. The second-order valence-electron chi connectivity index (χ2n) is 24.5. The van der Waals surface area contributed by atoms with Crippen LogP contribution in [0.3, 0.4) is 0 Å². The number of carboxylic acids is 1. The van der Waals surface area contributed by atoms with Crippen molar-refractivity contribution in [2.24, 2.45) is 0 Å². The Balaban J connectivity index is 4.12. The molecule has 0 aliphatic carbocycles. The van der Waals surface area contributed by atoms with E-state index < -0.39 is 24.3 Å². The average molecular weight is 1150 g/mol. The molecule has 0 amide bonds. The summed E-state index contributed by atoms with van der Waals surface area (Å²) in [6.45, 7) is 4.81. The molecule has 0 aromatic heterocycles. The fourth-order valence-corrected chi connectivity index (χ4v) is 9.96. The molecule has 0 saturated carbocycles. The van der Waals surface area contributed by atoms with E-state index in [0.29, 0.717) is 17.4 Å². The lowest BCUT2D eigenvalue weighted by Gasteiger charge is -2.25. The smallest absolute Gasteiger partial charge is 0.361 e. The number of nitrogens with zero attached hydrogens (tertiary/aromatic N) is 1. The van der Waals surface area contributed by atoms with Gasteiger partial charge in [-0.05, 0) is 64.2 Å². The van der Waals surface area contributed by atoms with Crippen molar-refractivity contribution >= 4 is 17.9 Å². The molecule has 82 heavy (non-hydrogen) atoms. The number of carboxylic acid groups (broad SMARTS) is 1. The lowest BCUT2D eigenvalue weighted by molar-refractivity contribution is -0.870. The summed E-state index contributed by atoms with van der Waals surface area (Å²) in [6, 6.07) is 0. The Morgan fingerprint density at radius 3 is 1.04 bits per heavy atom. The van der Waals surface area contributed by atoms with Gasteiger partial charge in [-0.15, -0.1) is 0 Å². The normalized spacial score (nSPS) is 13.1. The van der Waals surface area contributed by atoms with Crippen molar-refractivity contribution in [3.05, 3.63) is 72.9 Å². The van der Waals surface area contributed by atoms with Gasteiger partial charge in [0.25, 0.3) is 6.29 Å². The molecule has 1 N–H and O–H groups in total. The molecular weight excluding hydrogens is 1020 g/mol. The minimum Gasteiger partial charge on any atom is -0.477 e. The molecule has 0 aromatic carbocycles. The summed E-state index contributed by atoms with van der Waals surface area (Å²) in [4.78, 5) is 37.6. The number of quaternary nitrogens is 1. The molecular formula is C73H132NO8+. The first-order valence-electron chi connectivity index (χ1n) is 34.6. The SMILES string of the molecule is CC/C=C\C/C=C\C/C=C\C/C=C\C/C=C\C/C=C\CCCCCCCCCCCCCCC(=O)OC(COC(=O)CCCCCCCCCCCCCCCCCCCCCCCCCCCC)COC(OCC[N+](C)(C)C)C(=O)O. The number of unbranched alkanes of at least 4 members (excludes halogenated alkanes) is 37. The first kappa shape index (κ1) is 78.7. The summed E-state index contributed by atoms with van der Waals surface area (Å²) in [5.74, 6) is -1.99. The Labute approximate surface area is 507 Å². The van der Waals surface area contributed by atoms with Crippen LogP contribution in [-0.4, -0.2) is 87.4 Å². The molecule has 0 spiro atoms. The van der Waals surface area contributed by atoms with Crippen molar-refractivity contribution in [1.82, 2.24) is 0 Å². The predicted molar refractivity (Wildman–Crippen MR) is 350 cm³/mol. The van der Waals surface area contributed by atoms with Crippen molar-refractivity contribution in [2.75, 3.05) is 47.5 Å². The third-order valence-electron chi connectivity index (χ3n) is 15.2. The summed E-state index contributed by atoms with van der Waals surface area (Å²) in [6.07, 6.45) is 81.5. The van der Waals surface area contributed by atoms with E-state index in [0.717, 1.165) is 83.5 Å². The van der Waals surface area contributed by atoms with E-state index in [-0.39, 0.29) is 32.2 Å². The van der Waals surface area contributed by atoms with Crippen molar-refractivity contribution in [1.29, 1.82) is 0 Å². The lowest BCUT2D eigenvalue weighted by atomic mass is 10.0. The molecule has 0 saturated heterocycles. The van der Waals surface area contributed by atoms with Crippen molar-refractivity contribution in [3.63, 3.8) is 0 Å². The van der Waals surface area contributed by atoms with Crippen LogP contribution in [0.4, 0.5) is 0 Å². The van der Waals surface area contributed by atoms with E-state index in [1.54, 1.807) is 0 Å². The van der Waals surface area contributed by atoms with E-state index in [9.17, 15) is 19.5 Å². The monoisotopic (exact) mass is 1150 g/mol. The van der Waals surface area contributed by atoms with E-state index in [1.807, 2.05) is 21.1 Å². The van der Waals surface area contributed by atoms with Gasteiger partial charge < -0.3 is 28.5 Å². The Morgan fingerprint density at radius 1 is 0.378 bits per heavy atom. The molecule has 0 aromatic rings. The summed E-state index contributed by atoms with van der Waals surface area (Å²) < 4.78 is 23.0. The fraction of sp³-hybridized carbons (Fsp3) is 0.795. The second kappa shape index (κ2) is 63.7. The average Bonchev–Trinajstić information content (AvgIpc) is 3.45. The molecule has 9 heteroatoms. The van der Waals surface area contributed by atoms with Crippen LogP contribution < -0.4 is 0 Å². The Hall–Kier alpha value is -3.27. The number of rotatable bonds is 64. The number of aliphatic carboxylic acids is 1. The summed E-state index contributed by atoms with van der Waals surface area (Å²) in [5, 5.41) is 9.74. The number of hydrogen-bond acceptors (Lipinski definition) is 7. The molecule has 0 heterocycles. The van der Waals surface area contributed by atoms with Gasteiger partial charge in [0.05, 0.1) is 34.4 Å². The topological polar surface area (TPSA) is 108 Å². The molecule has 0 radical (unpaired) electrons. The lowest BCUT2D eigenvalue weighted by Crippen LogP contribution is -2.40. The van der Waals surface area contributed by atoms with Gasteiger partial charge in [0.15, 0.2) is 6.10 Å². The standard InChI is InChI=1S/C73H131NO8/c1-6-8-10-12-14-16-18-20-22-24-26-28-30-32-34-35-36-37-38-40-42-44-46-48-50-52-54-56-58-60-62-64-71(76)82-69(68-81-73(72(77)78)79-66-65-74(3,4)5)67-80-70(75)63-61-59-57-55-53-51-49-47-45-43-41-39-33-31-29-27-25-23-21-19-17-15-13-11-9-7-2/h8,10,14,16,20,22,26,28,32,34,36-37,69,73H,6-7,9,11-13,15,17-19,21,23-25,27,29-31,33,35,38-68H2,1-5H3/p+1/b10-8-,16-14-,22-20-,28-26-,34-32-,37-36-. The number of ether oxygens (including phenoxy) is 4. The summed E-state index contributed by atoms with van der Waals surface area (Å²) >= 11 is 0. The van der Waals surface area contributed by atoms with Gasteiger partial charge in [0.1, 0.15) is 13.2 Å². The van der Waals surface area contributed by atoms with Crippen molar-refractivity contribution < 1.29 is 42.9 Å². The van der Waals surface area contributed by atoms with Gasteiger partial charge in [-0.2, -0.15) is 0 Å². The predicted octanol–water partition coefficient (Wildman–Crippen LogP) is 21.3. The van der Waals surface area contributed by atoms with Gasteiger partial charge in [-0.3, -0.25) is 9.59 Å². The molecule has 0 bridgehead atoms. The molecule has 0 fully saturated rings. The van der Waals surface area contributed by atoms with E-state index in [4.69, 9.17) is 18.9 Å². The first-order chi connectivity index (χ1) is 40.1. The maximum Gasteiger partial charge on any atom is 0.361 e. The highest BCUT2D eigenvalue weighted by Crippen LogP contribution is 2.18. The van der Waals surface area contributed by atoms with Gasteiger partial charge in [0.2, 0.25) is 0 Å². The molecule has 9 nitrogen and oxygen atoms in total. The number of allylic oxidation sites excluding steroid dienone is 12. The minimum atomic E-state index is -1.51. The number of esters is 2. The number of carbonyl (C=O) groups excluding carboxylic acids is 2. The molecule has 476 valence electrons. The number of hydrogen-bond donors (Lipinski definition) is 1. The minimum absolute atomic E-state index is 0.181. The van der Waals surface area contributed by atoms with Crippen LogP contribution in [0.25, 0.3) is 0 Å². The Morgan fingerprint density at radius 2 is 0.695 bits per heavy atom. The van der Waals surface area contributed by atoms with E-state index >= 15 is 0 Å². The third kappa shape index (κ3) is 64.3. The zero-order chi connectivity index (χ0) is 59.8. The zero-order valence-corrected chi connectivity index (χ0v) is 54.4. The van der Waals surface area contributed by atoms with Gasteiger partial charge in [-0.1, -0.05) is 311 Å². The van der Waals surface area contributed by atoms with E-state index in [2.05, 4.69) is 86.8 Å². The van der Waals surface area contributed by atoms with Crippen molar-refractivity contribution in [2.45, 2.75) is 328 Å². The molecule has 0 aliphatic heterocycles. The highest BCUT2D eigenvalue weighted by atomic mass is 16.7. The quantitative estimate of drug-likeness (QED) is 0.0211. The molecule has 2 unspecified atom stereocenters. The largest absolute Gasteiger partial charge is 0.477 e. The number of likely N-dealkylation sites (N-methyl/N-ethyl adjacent to an activating group) is 1. The van der Waals surface area contributed by atoms with Crippen molar-refractivity contribution in [3.8, 4) is 0 Å². The van der Waals surface area contributed by atoms with Gasteiger partial charge in [-0.25, -0.2) is 4.79 Å². The van der Waals surface area contributed by atoms with Crippen LogP contribution in [0.5, 0.6) is 0 Å². The first-order valence-corrected chi connectivity index (χ1v) is 34.6. The number of carbonyl (C=O) groups is 3. The summed E-state index contributed by atoms with van der Waals surface area (Å²) in [5.41, 5.74) is 0. The Kier molecular flexibility index (Phi) is 61.2. The maximum atomic E-state index is 12.9. The second-order valence-corrected chi connectivity index (χ2v) is 24.5. The van der Waals surface area contributed by atoms with Gasteiger partial charge >= 0.3 is 17.9 Å². The zero-order valence-electron chi connectivity index (χ0n) is 54.4. The Bertz CT molecular complexity index is 1570. The molecule has 2 atom stereocenters. The van der Waals surface area contributed by atoms with Crippen LogP contribution >= 0.6 is 0 Å². The van der Waals surface area contributed by atoms with Crippen LogP contribution in [0.2, 0.25) is 0 Å². The molecule has 0 aliphatic rings. The van der Waals surface area contributed by atoms with Crippen LogP contribution in [0.1, 0.15) is 316 Å². The van der Waals surface area contributed by atoms with E-state index in [1.165, 1.54) is 205 Å². The van der Waals surface area contributed by atoms with Gasteiger partial charge in [0, 0.05) is 12.8 Å². The third-order valence-corrected chi connectivity index (χ3v) is 15.2. The molecule has 0 rings (SSSR count). The fourth-order valence-electron chi connectivity index (χ4n) is 9.96. The van der Waals surface area contributed by atoms with Crippen LogP contribution in [-0.2, 0) is 33.3 Å². The maximum absolute atomic E-state index is 12.9. The van der Waals surface area contributed by atoms with Crippen LogP contribution in [0.15, 0.2) is 72.9 Å². The highest BCUT2D eigenvalue weighted by molar-refractivity contribution is 5.71. The highest BCUT2D eigenvalue weighted by Gasteiger charge is 2.25. The van der Waals surface area contributed by atoms with Crippen LogP contribution in [0, 0.1) is 0 Å².